The minimum atomic E-state index is -0.141. The fraction of sp³-hybridized carbons (Fsp3) is 0.481. The molecule has 0 spiro atoms. The lowest BCUT2D eigenvalue weighted by Gasteiger charge is -2.15. The highest BCUT2D eigenvalue weighted by Gasteiger charge is 2.21. The molecule has 0 bridgehead atoms. The van der Waals surface area contributed by atoms with E-state index in [4.69, 9.17) is 0 Å². The van der Waals surface area contributed by atoms with Crippen molar-refractivity contribution in [3.63, 3.8) is 0 Å². The zero-order valence-corrected chi connectivity index (χ0v) is 23.1. The van der Waals surface area contributed by atoms with Crippen LogP contribution in [0.5, 0.6) is 5.75 Å². The van der Waals surface area contributed by atoms with E-state index in [1.807, 2.05) is 60.0 Å². The summed E-state index contributed by atoms with van der Waals surface area (Å²) in [4.78, 5) is 44.4. The van der Waals surface area contributed by atoms with E-state index in [1.165, 1.54) is 0 Å². The number of benzene rings is 1. The van der Waals surface area contributed by atoms with Gasteiger partial charge in [0, 0.05) is 52.9 Å². The SMILES string of the molecule is CC1CCC(=O)NC1=O.CCc1c(C(=O)C(C)C)csc1CNC=O.CNc1cc(O)c(C)cc1C. The van der Waals surface area contributed by atoms with Crippen LogP contribution in [0.4, 0.5) is 5.69 Å². The van der Waals surface area contributed by atoms with Gasteiger partial charge in [-0.15, -0.1) is 11.3 Å². The Balaban J connectivity index is 0.000000283. The predicted octanol–water partition coefficient (Wildman–Crippen LogP) is 4.51. The number of nitrogens with one attached hydrogen (secondary N) is 3. The molecular weight excluding hydrogens is 478 g/mol. The fourth-order valence-electron chi connectivity index (χ4n) is 3.52. The molecule has 1 aliphatic heterocycles. The van der Waals surface area contributed by atoms with Crippen LogP contribution in [0.15, 0.2) is 17.5 Å². The highest BCUT2D eigenvalue weighted by molar-refractivity contribution is 7.10. The molecule has 1 atom stereocenters. The van der Waals surface area contributed by atoms with Crippen LogP contribution in [-0.2, 0) is 27.3 Å². The van der Waals surface area contributed by atoms with Gasteiger partial charge in [0.15, 0.2) is 5.78 Å². The summed E-state index contributed by atoms with van der Waals surface area (Å²) in [7, 11) is 1.84. The summed E-state index contributed by atoms with van der Waals surface area (Å²) in [5.41, 5.74) is 4.96. The number of phenols is 1. The number of imide groups is 1. The molecule has 3 amide bonds. The van der Waals surface area contributed by atoms with Gasteiger partial charge in [-0.3, -0.25) is 24.5 Å². The summed E-state index contributed by atoms with van der Waals surface area (Å²) in [5.74, 6) is 0.296. The maximum Gasteiger partial charge on any atom is 0.229 e. The Kier molecular flexibility index (Phi) is 12.9. The van der Waals surface area contributed by atoms with Gasteiger partial charge in [-0.2, -0.15) is 0 Å². The summed E-state index contributed by atoms with van der Waals surface area (Å²) < 4.78 is 0. The lowest BCUT2D eigenvalue weighted by molar-refractivity contribution is -0.135. The van der Waals surface area contributed by atoms with Gasteiger partial charge in [-0.1, -0.05) is 33.8 Å². The number of Topliss-reactive ketones (excluding diaryl/α,β-unsaturated/α-hetero) is 1. The number of aryl methyl sites for hydroxylation is 2. The lowest BCUT2D eigenvalue weighted by atomic mass is 9.98. The first-order valence-corrected chi connectivity index (χ1v) is 13.0. The van der Waals surface area contributed by atoms with Gasteiger partial charge in [0.1, 0.15) is 5.75 Å². The number of ketones is 1. The van der Waals surface area contributed by atoms with Gasteiger partial charge in [-0.05, 0) is 43.4 Å². The van der Waals surface area contributed by atoms with Gasteiger partial charge >= 0.3 is 0 Å². The van der Waals surface area contributed by atoms with Gasteiger partial charge in [0.25, 0.3) is 0 Å². The van der Waals surface area contributed by atoms with Crippen LogP contribution in [0.25, 0.3) is 0 Å². The molecule has 0 aliphatic carbocycles. The lowest BCUT2D eigenvalue weighted by Crippen LogP contribution is -2.39. The topological polar surface area (TPSA) is 125 Å². The average molecular weight is 518 g/mol. The van der Waals surface area contributed by atoms with Crippen molar-refractivity contribution in [3.8, 4) is 5.75 Å². The number of amides is 3. The Morgan fingerprint density at radius 1 is 1.25 bits per heavy atom. The van der Waals surface area contributed by atoms with Crippen molar-refractivity contribution >= 4 is 41.0 Å². The molecule has 36 heavy (non-hydrogen) atoms. The van der Waals surface area contributed by atoms with E-state index < -0.39 is 0 Å². The van der Waals surface area contributed by atoms with Crippen LogP contribution in [0.2, 0.25) is 0 Å². The molecule has 1 fully saturated rings. The van der Waals surface area contributed by atoms with Crippen LogP contribution < -0.4 is 16.0 Å². The third kappa shape index (κ3) is 9.11. The minimum absolute atomic E-state index is 0.0164. The number of anilines is 1. The van der Waals surface area contributed by atoms with Crippen molar-refractivity contribution < 1.29 is 24.3 Å². The van der Waals surface area contributed by atoms with Crippen LogP contribution in [0.3, 0.4) is 0 Å². The molecule has 1 aromatic heterocycles. The first kappa shape index (κ1) is 30.8. The zero-order chi connectivity index (χ0) is 27.4. The molecule has 2 aromatic rings. The Hall–Kier alpha value is -3.20. The van der Waals surface area contributed by atoms with Crippen molar-refractivity contribution in [2.24, 2.45) is 11.8 Å². The number of phenolic OH excluding ortho intramolecular Hbond substituents is 1. The van der Waals surface area contributed by atoms with Crippen molar-refractivity contribution in [2.75, 3.05) is 12.4 Å². The normalized spacial score (nSPS) is 14.6. The van der Waals surface area contributed by atoms with Crippen LogP contribution in [-0.4, -0.2) is 36.2 Å². The Bertz CT molecular complexity index is 1060. The molecule has 0 radical (unpaired) electrons. The largest absolute Gasteiger partial charge is 0.508 e. The summed E-state index contributed by atoms with van der Waals surface area (Å²) in [5, 5.41) is 19.1. The second kappa shape index (κ2) is 15.0. The number of rotatable bonds is 7. The number of thiophene rings is 1. The molecule has 0 saturated carbocycles. The standard InChI is InChI=1S/C12H17NO2S.C9H13NO.C6H9NO2/c1-4-9-10(12(15)8(2)3)6-16-11(9)5-13-7-14;1-6-4-7(2)9(11)5-8(6)10-3;1-4-2-3-5(8)7-6(4)9/h6-8H,4-5H2,1-3H3,(H,13,14);4-5,10-11H,1-3H3;4H,2-3H2,1H3,(H,7,8,9). The van der Waals surface area contributed by atoms with E-state index in [0.717, 1.165) is 39.2 Å². The molecule has 2 heterocycles. The fourth-order valence-corrected chi connectivity index (χ4v) is 4.60. The number of piperidine rings is 1. The molecule has 1 saturated heterocycles. The quantitative estimate of drug-likeness (QED) is 0.243. The summed E-state index contributed by atoms with van der Waals surface area (Å²) >= 11 is 1.54. The van der Waals surface area contributed by atoms with Gasteiger partial charge in [-0.25, -0.2) is 0 Å². The smallest absolute Gasteiger partial charge is 0.229 e. The summed E-state index contributed by atoms with van der Waals surface area (Å²) in [6.07, 6.45) is 2.70. The number of hydrogen-bond acceptors (Lipinski definition) is 7. The minimum Gasteiger partial charge on any atom is -0.508 e. The molecule has 3 rings (SSSR count). The molecule has 4 N–H and O–H groups in total. The van der Waals surface area contributed by atoms with Crippen molar-refractivity contribution in [3.05, 3.63) is 44.6 Å². The highest BCUT2D eigenvalue weighted by atomic mass is 32.1. The number of carbonyl (C=O) groups excluding carboxylic acids is 4. The molecule has 8 nitrogen and oxygen atoms in total. The summed E-state index contributed by atoms with van der Waals surface area (Å²) in [6, 6.07) is 3.70. The first-order valence-electron chi connectivity index (χ1n) is 12.1. The molecule has 1 unspecified atom stereocenters. The number of aromatic hydroxyl groups is 1. The molecule has 1 aromatic carbocycles. The Labute approximate surface area is 217 Å². The van der Waals surface area contributed by atoms with E-state index in [0.29, 0.717) is 31.5 Å². The first-order chi connectivity index (χ1) is 17.0. The van der Waals surface area contributed by atoms with E-state index in [1.54, 1.807) is 17.4 Å². The number of carbonyl (C=O) groups is 4. The molecular formula is C27H39N3O5S. The highest BCUT2D eigenvalue weighted by Crippen LogP contribution is 2.26. The molecule has 9 heteroatoms. The third-order valence-corrected chi connectivity index (χ3v) is 6.83. The Morgan fingerprint density at radius 3 is 2.42 bits per heavy atom. The van der Waals surface area contributed by atoms with Gasteiger partial charge in [0.2, 0.25) is 18.2 Å². The van der Waals surface area contributed by atoms with E-state index in [2.05, 4.69) is 16.0 Å². The van der Waals surface area contributed by atoms with Gasteiger partial charge in [0.05, 0.1) is 6.54 Å². The van der Waals surface area contributed by atoms with Crippen LogP contribution in [0.1, 0.15) is 72.5 Å². The van der Waals surface area contributed by atoms with Crippen LogP contribution >= 0.6 is 11.3 Å². The second-order valence-corrected chi connectivity index (χ2v) is 9.94. The van der Waals surface area contributed by atoms with Crippen LogP contribution in [0, 0.1) is 25.7 Å². The second-order valence-electron chi connectivity index (χ2n) is 8.98. The third-order valence-electron chi connectivity index (χ3n) is 5.80. The molecule has 1 aliphatic rings. The average Bonchev–Trinajstić information content (AvgIpc) is 3.25. The maximum absolute atomic E-state index is 11.9. The van der Waals surface area contributed by atoms with Gasteiger partial charge < -0.3 is 15.7 Å². The number of hydrogen-bond donors (Lipinski definition) is 4. The van der Waals surface area contributed by atoms with Crippen molar-refractivity contribution in [2.45, 2.75) is 67.3 Å². The Morgan fingerprint density at radius 2 is 1.92 bits per heavy atom. The van der Waals surface area contributed by atoms with Crippen molar-refractivity contribution in [1.29, 1.82) is 0 Å². The molecule has 198 valence electrons. The zero-order valence-electron chi connectivity index (χ0n) is 22.3. The van der Waals surface area contributed by atoms with E-state index >= 15 is 0 Å². The maximum atomic E-state index is 11.9. The van der Waals surface area contributed by atoms with E-state index in [9.17, 15) is 24.3 Å². The van der Waals surface area contributed by atoms with E-state index in [-0.39, 0.29) is 29.4 Å². The predicted molar refractivity (Wildman–Crippen MR) is 144 cm³/mol. The summed E-state index contributed by atoms with van der Waals surface area (Å²) in [6.45, 7) is 12.1. The van der Waals surface area contributed by atoms with Crippen molar-refractivity contribution in [1.82, 2.24) is 10.6 Å². The monoisotopic (exact) mass is 517 g/mol.